The highest BCUT2D eigenvalue weighted by Crippen LogP contribution is 2.18. The number of rotatable bonds is 8. The standard InChI is InChI=1S/C21H21FN4O2/c1-2-7-17-12-20(27)25-21(24-17)26-23-13-15-8-4-6-11-19(15)28-14-16-9-3-5-10-18(16)22/h3-6,8-13H,2,7,14H2,1H3,(H2,24,25,26,27)/b23-13+. The average Bonchev–Trinajstić information content (AvgIpc) is 2.68. The first kappa shape index (κ1) is 19.3. The predicted octanol–water partition coefficient (Wildman–Crippen LogP) is 3.89. The van der Waals surface area contributed by atoms with Crippen molar-refractivity contribution in [2.75, 3.05) is 5.43 Å². The number of aromatic amines is 1. The lowest BCUT2D eigenvalue weighted by Crippen LogP contribution is -2.12. The average molecular weight is 380 g/mol. The minimum atomic E-state index is -0.308. The van der Waals surface area contributed by atoms with Crippen molar-refractivity contribution in [3.63, 3.8) is 0 Å². The second-order valence-electron chi connectivity index (χ2n) is 6.12. The molecule has 0 aliphatic carbocycles. The number of aromatic nitrogens is 2. The summed E-state index contributed by atoms with van der Waals surface area (Å²) in [6.07, 6.45) is 3.17. The van der Waals surface area contributed by atoms with E-state index in [0.29, 0.717) is 22.6 Å². The molecule has 28 heavy (non-hydrogen) atoms. The number of hydrogen-bond donors (Lipinski definition) is 2. The molecule has 0 atom stereocenters. The van der Waals surface area contributed by atoms with Gasteiger partial charge in [0.05, 0.1) is 6.21 Å². The van der Waals surface area contributed by atoms with Crippen LogP contribution in [0.4, 0.5) is 10.3 Å². The van der Waals surface area contributed by atoms with Crippen molar-refractivity contribution >= 4 is 12.2 Å². The second-order valence-corrected chi connectivity index (χ2v) is 6.12. The molecule has 144 valence electrons. The van der Waals surface area contributed by atoms with Gasteiger partial charge in [-0.05, 0) is 24.6 Å². The van der Waals surface area contributed by atoms with Crippen LogP contribution in [0.3, 0.4) is 0 Å². The molecule has 3 rings (SSSR count). The summed E-state index contributed by atoms with van der Waals surface area (Å²) in [5.74, 6) is 0.534. The van der Waals surface area contributed by atoms with E-state index >= 15 is 0 Å². The third kappa shape index (κ3) is 5.26. The van der Waals surface area contributed by atoms with Crippen molar-refractivity contribution in [2.24, 2.45) is 5.10 Å². The molecule has 0 fully saturated rings. The summed E-state index contributed by atoms with van der Waals surface area (Å²) in [5, 5.41) is 4.13. The van der Waals surface area contributed by atoms with Crippen LogP contribution in [0.5, 0.6) is 5.75 Å². The molecule has 6 nitrogen and oxygen atoms in total. The second kappa shape index (κ2) is 9.45. The maximum Gasteiger partial charge on any atom is 0.252 e. The predicted molar refractivity (Wildman–Crippen MR) is 107 cm³/mol. The number of ether oxygens (including phenoxy) is 1. The number of halogens is 1. The molecule has 2 aromatic carbocycles. The van der Waals surface area contributed by atoms with Gasteiger partial charge in [0.2, 0.25) is 5.95 Å². The fourth-order valence-corrected chi connectivity index (χ4v) is 2.60. The quantitative estimate of drug-likeness (QED) is 0.459. The highest BCUT2D eigenvalue weighted by atomic mass is 19.1. The Hall–Kier alpha value is -3.48. The molecule has 0 radical (unpaired) electrons. The van der Waals surface area contributed by atoms with Gasteiger partial charge >= 0.3 is 0 Å². The van der Waals surface area contributed by atoms with Gasteiger partial charge in [0.25, 0.3) is 5.56 Å². The van der Waals surface area contributed by atoms with Gasteiger partial charge in [0, 0.05) is 22.9 Å². The van der Waals surface area contributed by atoms with E-state index in [0.717, 1.165) is 12.8 Å². The van der Waals surface area contributed by atoms with Crippen molar-refractivity contribution in [1.82, 2.24) is 9.97 Å². The summed E-state index contributed by atoms with van der Waals surface area (Å²) in [5.41, 5.74) is 4.39. The zero-order valence-electron chi connectivity index (χ0n) is 15.5. The van der Waals surface area contributed by atoms with Crippen LogP contribution in [0.15, 0.2) is 64.5 Å². The van der Waals surface area contributed by atoms with E-state index < -0.39 is 0 Å². The van der Waals surface area contributed by atoms with E-state index in [1.165, 1.54) is 12.1 Å². The van der Waals surface area contributed by atoms with Crippen molar-refractivity contribution < 1.29 is 9.13 Å². The maximum absolute atomic E-state index is 13.8. The highest BCUT2D eigenvalue weighted by molar-refractivity contribution is 5.83. The normalized spacial score (nSPS) is 10.9. The molecule has 0 saturated heterocycles. The van der Waals surface area contributed by atoms with Crippen LogP contribution in [-0.4, -0.2) is 16.2 Å². The third-order valence-corrected chi connectivity index (χ3v) is 3.93. The fraction of sp³-hybridized carbons (Fsp3) is 0.190. The molecule has 0 aliphatic rings. The zero-order chi connectivity index (χ0) is 19.8. The monoisotopic (exact) mass is 380 g/mol. The van der Waals surface area contributed by atoms with Crippen molar-refractivity contribution in [3.05, 3.63) is 87.6 Å². The van der Waals surface area contributed by atoms with Gasteiger partial charge in [-0.1, -0.05) is 43.7 Å². The molecule has 0 aliphatic heterocycles. The number of hydrogen-bond acceptors (Lipinski definition) is 5. The molecular weight excluding hydrogens is 359 g/mol. The Labute approximate surface area is 162 Å². The van der Waals surface area contributed by atoms with Gasteiger partial charge in [-0.3, -0.25) is 9.78 Å². The summed E-state index contributed by atoms with van der Waals surface area (Å²) in [6, 6.07) is 15.2. The lowest BCUT2D eigenvalue weighted by molar-refractivity contribution is 0.299. The molecule has 2 N–H and O–H groups in total. The van der Waals surface area contributed by atoms with E-state index in [9.17, 15) is 9.18 Å². The van der Waals surface area contributed by atoms with Crippen LogP contribution in [-0.2, 0) is 13.0 Å². The Kier molecular flexibility index (Phi) is 6.51. The molecule has 0 amide bonds. The van der Waals surface area contributed by atoms with Gasteiger partial charge in [0.1, 0.15) is 18.2 Å². The lowest BCUT2D eigenvalue weighted by Gasteiger charge is -2.09. The first-order valence-electron chi connectivity index (χ1n) is 9.00. The number of aryl methyl sites for hydroxylation is 1. The van der Waals surface area contributed by atoms with E-state index in [-0.39, 0.29) is 23.9 Å². The Morgan fingerprint density at radius 2 is 2.00 bits per heavy atom. The van der Waals surface area contributed by atoms with Gasteiger partial charge in [0.15, 0.2) is 0 Å². The van der Waals surface area contributed by atoms with Crippen LogP contribution < -0.4 is 15.7 Å². The minimum Gasteiger partial charge on any atom is -0.488 e. The Bertz CT molecular complexity index is 1020. The lowest BCUT2D eigenvalue weighted by atomic mass is 10.2. The first-order valence-corrected chi connectivity index (χ1v) is 9.00. The smallest absolute Gasteiger partial charge is 0.252 e. The Balaban J connectivity index is 1.69. The van der Waals surface area contributed by atoms with E-state index in [2.05, 4.69) is 20.5 Å². The van der Waals surface area contributed by atoms with Crippen molar-refractivity contribution in [1.29, 1.82) is 0 Å². The number of nitrogens with one attached hydrogen (secondary N) is 2. The summed E-state index contributed by atoms with van der Waals surface area (Å²) in [4.78, 5) is 18.6. The van der Waals surface area contributed by atoms with Gasteiger partial charge in [-0.25, -0.2) is 14.8 Å². The Morgan fingerprint density at radius 1 is 1.21 bits per heavy atom. The third-order valence-electron chi connectivity index (χ3n) is 3.93. The SMILES string of the molecule is CCCc1cc(=O)[nH]c(N/N=C/c2ccccc2OCc2ccccc2F)n1. The molecule has 0 unspecified atom stereocenters. The summed E-state index contributed by atoms with van der Waals surface area (Å²) in [6.45, 7) is 2.13. The summed E-state index contributed by atoms with van der Waals surface area (Å²) >= 11 is 0. The fourth-order valence-electron chi connectivity index (χ4n) is 2.60. The van der Waals surface area contributed by atoms with Gasteiger partial charge in [-0.15, -0.1) is 0 Å². The number of para-hydroxylation sites is 1. The van der Waals surface area contributed by atoms with Crippen LogP contribution in [0, 0.1) is 5.82 Å². The van der Waals surface area contributed by atoms with E-state index in [4.69, 9.17) is 4.74 Å². The summed E-state index contributed by atoms with van der Waals surface area (Å²) in [7, 11) is 0. The molecule has 7 heteroatoms. The largest absolute Gasteiger partial charge is 0.488 e. The molecule has 0 spiro atoms. The number of nitrogens with zero attached hydrogens (tertiary/aromatic N) is 2. The van der Waals surface area contributed by atoms with Gasteiger partial charge in [-0.2, -0.15) is 5.10 Å². The number of anilines is 1. The molecule has 0 bridgehead atoms. The van der Waals surface area contributed by atoms with Crippen molar-refractivity contribution in [2.45, 2.75) is 26.4 Å². The molecule has 1 aromatic heterocycles. The zero-order valence-corrected chi connectivity index (χ0v) is 15.5. The number of hydrazone groups is 1. The number of H-pyrrole nitrogens is 1. The number of benzene rings is 2. The van der Waals surface area contributed by atoms with Gasteiger partial charge < -0.3 is 4.74 Å². The topological polar surface area (TPSA) is 79.4 Å². The van der Waals surface area contributed by atoms with Crippen LogP contribution in [0.25, 0.3) is 0 Å². The molecular formula is C21H21FN4O2. The maximum atomic E-state index is 13.8. The van der Waals surface area contributed by atoms with E-state index in [1.54, 1.807) is 30.5 Å². The minimum absolute atomic E-state index is 0.110. The van der Waals surface area contributed by atoms with E-state index in [1.807, 2.05) is 25.1 Å². The molecule has 0 saturated carbocycles. The van der Waals surface area contributed by atoms with Crippen LogP contribution in [0.2, 0.25) is 0 Å². The van der Waals surface area contributed by atoms with Crippen LogP contribution >= 0.6 is 0 Å². The van der Waals surface area contributed by atoms with Crippen molar-refractivity contribution in [3.8, 4) is 5.75 Å². The molecule has 1 heterocycles. The summed E-state index contributed by atoms with van der Waals surface area (Å²) < 4.78 is 19.5. The first-order chi connectivity index (χ1) is 13.7. The Morgan fingerprint density at radius 3 is 2.82 bits per heavy atom. The highest BCUT2D eigenvalue weighted by Gasteiger charge is 2.05. The van der Waals surface area contributed by atoms with Crippen LogP contribution in [0.1, 0.15) is 30.2 Å². The molecule has 3 aromatic rings.